The minimum atomic E-state index is -3.02. The fraction of sp³-hybridized carbons (Fsp3) is 1.00. The lowest BCUT2D eigenvalue weighted by Gasteiger charge is -2.18. The van der Waals surface area contributed by atoms with Crippen LogP contribution in [-0.2, 0) is 0 Å². The topological polar surface area (TPSA) is 0 Å². The van der Waals surface area contributed by atoms with Crippen LogP contribution in [0.5, 0.6) is 0 Å². The SMILES string of the molecule is [B]C(F)(F)C(C)CCCS. The van der Waals surface area contributed by atoms with Gasteiger partial charge < -0.3 is 0 Å². The normalized spacial score (nSPS) is 15.2. The summed E-state index contributed by atoms with van der Waals surface area (Å²) < 4.78 is 24.4. The lowest BCUT2D eigenvalue weighted by molar-refractivity contribution is 0.0322. The van der Waals surface area contributed by atoms with E-state index in [1.165, 1.54) is 6.92 Å². The van der Waals surface area contributed by atoms with E-state index in [0.29, 0.717) is 18.6 Å². The Labute approximate surface area is 67.2 Å². The smallest absolute Gasteiger partial charge is 0.202 e. The van der Waals surface area contributed by atoms with Crippen molar-refractivity contribution in [3.8, 4) is 0 Å². The number of hydrogen-bond donors (Lipinski definition) is 1. The Morgan fingerprint density at radius 3 is 2.40 bits per heavy atom. The minimum Gasteiger partial charge on any atom is -0.219 e. The van der Waals surface area contributed by atoms with Crippen molar-refractivity contribution in [3.05, 3.63) is 0 Å². The third-order valence-corrected chi connectivity index (χ3v) is 1.77. The summed E-state index contributed by atoms with van der Waals surface area (Å²) >= 11 is 3.91. The molecule has 0 aliphatic rings. The summed E-state index contributed by atoms with van der Waals surface area (Å²) in [6, 6.07) is 0. The summed E-state index contributed by atoms with van der Waals surface area (Å²) in [6.45, 7) is 1.45. The molecule has 0 fully saturated rings. The molecule has 0 aliphatic carbocycles. The second-order valence-electron chi connectivity index (χ2n) is 2.44. The van der Waals surface area contributed by atoms with Crippen molar-refractivity contribution in [3.63, 3.8) is 0 Å². The van der Waals surface area contributed by atoms with E-state index in [1.54, 1.807) is 0 Å². The molecular formula is C6H11BF2S. The summed E-state index contributed by atoms with van der Waals surface area (Å²) in [5.74, 6) is -3.12. The van der Waals surface area contributed by atoms with Crippen LogP contribution in [0.3, 0.4) is 0 Å². The number of halogens is 2. The van der Waals surface area contributed by atoms with E-state index in [0.717, 1.165) is 0 Å². The second-order valence-corrected chi connectivity index (χ2v) is 2.89. The van der Waals surface area contributed by atoms with Crippen LogP contribution in [0.1, 0.15) is 19.8 Å². The molecule has 0 saturated carbocycles. The molecule has 10 heavy (non-hydrogen) atoms. The molecule has 0 N–H and O–H groups in total. The maximum atomic E-state index is 12.2. The molecule has 0 aromatic carbocycles. The van der Waals surface area contributed by atoms with Gasteiger partial charge in [-0.25, -0.2) is 8.78 Å². The monoisotopic (exact) mass is 164 g/mol. The highest BCUT2D eigenvalue weighted by atomic mass is 32.1. The largest absolute Gasteiger partial charge is 0.219 e. The Bertz CT molecular complexity index is 92.2. The number of hydrogen-bond acceptors (Lipinski definition) is 1. The molecule has 0 aromatic heterocycles. The maximum Gasteiger partial charge on any atom is 0.202 e. The summed E-state index contributed by atoms with van der Waals surface area (Å²) in [5.41, 5.74) is 0. The molecule has 1 unspecified atom stereocenters. The zero-order valence-corrected chi connectivity index (χ0v) is 6.87. The van der Waals surface area contributed by atoms with Crippen molar-refractivity contribution in [1.29, 1.82) is 0 Å². The third kappa shape index (κ3) is 4.15. The minimum absolute atomic E-state index is 0.438. The summed E-state index contributed by atoms with van der Waals surface area (Å²) in [6.07, 6.45) is 1.13. The van der Waals surface area contributed by atoms with Crippen LogP contribution >= 0.6 is 12.6 Å². The molecule has 0 bridgehead atoms. The van der Waals surface area contributed by atoms with Crippen LogP contribution in [-0.4, -0.2) is 19.4 Å². The van der Waals surface area contributed by atoms with E-state index >= 15 is 0 Å². The van der Waals surface area contributed by atoms with E-state index in [9.17, 15) is 8.78 Å². The van der Waals surface area contributed by atoms with E-state index in [1.807, 2.05) is 0 Å². The van der Waals surface area contributed by atoms with E-state index in [-0.39, 0.29) is 0 Å². The summed E-state index contributed by atoms with van der Waals surface area (Å²) in [5, 5.41) is 0. The van der Waals surface area contributed by atoms with E-state index in [2.05, 4.69) is 20.5 Å². The van der Waals surface area contributed by atoms with Crippen LogP contribution < -0.4 is 0 Å². The quantitative estimate of drug-likeness (QED) is 0.477. The Morgan fingerprint density at radius 1 is 1.60 bits per heavy atom. The number of thiol groups is 1. The van der Waals surface area contributed by atoms with Crippen LogP contribution in [0.2, 0.25) is 0 Å². The van der Waals surface area contributed by atoms with E-state index in [4.69, 9.17) is 0 Å². The lowest BCUT2D eigenvalue weighted by Crippen LogP contribution is -2.25. The van der Waals surface area contributed by atoms with Crippen molar-refractivity contribution in [2.45, 2.75) is 25.6 Å². The van der Waals surface area contributed by atoms with Crippen molar-refractivity contribution in [2.24, 2.45) is 5.92 Å². The fourth-order valence-electron chi connectivity index (χ4n) is 0.590. The van der Waals surface area contributed by atoms with Gasteiger partial charge in [0.1, 0.15) is 0 Å². The molecule has 1 atom stereocenters. The standard InChI is InChI=1S/C6H11BF2S/c1-5(3-2-4-10)6(7,8)9/h5,10H,2-4H2,1H3. The van der Waals surface area contributed by atoms with Crippen LogP contribution in [0.4, 0.5) is 8.78 Å². The molecule has 0 saturated heterocycles. The Balaban J connectivity index is 3.52. The van der Waals surface area contributed by atoms with Gasteiger partial charge in [-0.15, -0.1) is 0 Å². The van der Waals surface area contributed by atoms with Crippen molar-refractivity contribution >= 4 is 20.5 Å². The highest BCUT2D eigenvalue weighted by molar-refractivity contribution is 7.80. The Hall–Kier alpha value is 0.275. The third-order valence-electron chi connectivity index (χ3n) is 1.45. The second kappa shape index (κ2) is 4.22. The average molecular weight is 164 g/mol. The summed E-state index contributed by atoms with van der Waals surface area (Å²) in [7, 11) is 4.56. The van der Waals surface area contributed by atoms with Gasteiger partial charge >= 0.3 is 0 Å². The molecular weight excluding hydrogens is 153 g/mol. The molecule has 2 radical (unpaired) electrons. The van der Waals surface area contributed by atoms with Gasteiger partial charge in [-0.05, 0) is 18.6 Å². The fourth-order valence-corrected chi connectivity index (χ4v) is 0.772. The molecule has 0 rings (SSSR count). The van der Waals surface area contributed by atoms with Gasteiger partial charge in [0.25, 0.3) is 0 Å². The number of rotatable bonds is 4. The summed E-state index contributed by atoms with van der Waals surface area (Å²) in [4.78, 5) is 0. The van der Waals surface area contributed by atoms with Crippen molar-refractivity contribution in [1.82, 2.24) is 0 Å². The van der Waals surface area contributed by atoms with Gasteiger partial charge in [-0.2, -0.15) is 12.6 Å². The number of alkyl halides is 2. The Kier molecular flexibility index (Phi) is 4.33. The van der Waals surface area contributed by atoms with Gasteiger partial charge in [-0.1, -0.05) is 6.92 Å². The first-order chi connectivity index (χ1) is 4.48. The van der Waals surface area contributed by atoms with Crippen LogP contribution in [0, 0.1) is 5.92 Å². The van der Waals surface area contributed by atoms with Crippen molar-refractivity contribution in [2.75, 3.05) is 5.75 Å². The van der Waals surface area contributed by atoms with E-state index < -0.39 is 11.7 Å². The van der Waals surface area contributed by atoms with Gasteiger partial charge in [0.15, 0.2) is 7.85 Å². The molecule has 4 heteroatoms. The van der Waals surface area contributed by atoms with Crippen molar-refractivity contribution < 1.29 is 8.78 Å². The highest BCUT2D eigenvalue weighted by Gasteiger charge is 2.28. The average Bonchev–Trinajstić information content (AvgIpc) is 1.80. The highest BCUT2D eigenvalue weighted by Crippen LogP contribution is 2.24. The van der Waals surface area contributed by atoms with Gasteiger partial charge in [0.2, 0.25) is 5.82 Å². The molecule has 0 aliphatic heterocycles. The predicted octanol–water partition coefficient (Wildman–Crippen LogP) is 2.09. The maximum absolute atomic E-state index is 12.2. The first-order valence-corrected chi connectivity index (χ1v) is 3.89. The molecule has 0 amide bonds. The molecule has 0 nitrogen and oxygen atoms in total. The van der Waals surface area contributed by atoms with Gasteiger partial charge in [-0.3, -0.25) is 0 Å². The van der Waals surface area contributed by atoms with Crippen LogP contribution in [0.25, 0.3) is 0 Å². The first kappa shape index (κ1) is 10.3. The van der Waals surface area contributed by atoms with Gasteiger partial charge in [0.05, 0.1) is 0 Å². The van der Waals surface area contributed by atoms with Gasteiger partial charge in [0, 0.05) is 5.92 Å². The molecule has 0 heterocycles. The predicted molar refractivity (Wildman–Crippen MR) is 43.0 cm³/mol. The first-order valence-electron chi connectivity index (χ1n) is 3.26. The molecule has 0 spiro atoms. The lowest BCUT2D eigenvalue weighted by atomic mass is 9.84. The zero-order chi connectivity index (χ0) is 8.20. The zero-order valence-electron chi connectivity index (χ0n) is 5.98. The molecule has 58 valence electrons. The van der Waals surface area contributed by atoms with Crippen LogP contribution in [0.15, 0.2) is 0 Å². The Morgan fingerprint density at radius 2 is 2.10 bits per heavy atom. The molecule has 0 aromatic rings.